The molecule has 0 amide bonds. The molecule has 0 fully saturated rings. The molecular formula is C25H18N2S. The summed E-state index contributed by atoms with van der Waals surface area (Å²) >= 11 is 4.53. The van der Waals surface area contributed by atoms with Crippen LogP contribution in [-0.4, -0.2) is 9.38 Å². The Morgan fingerprint density at radius 3 is 2.00 bits per heavy atom. The predicted molar refractivity (Wildman–Crippen MR) is 119 cm³/mol. The zero-order valence-electron chi connectivity index (χ0n) is 15.2. The third-order valence-corrected chi connectivity index (χ3v) is 5.16. The van der Waals surface area contributed by atoms with Gasteiger partial charge < -0.3 is 4.40 Å². The number of fused-ring (bicyclic) bond motifs is 1. The van der Waals surface area contributed by atoms with E-state index < -0.39 is 0 Å². The topological polar surface area (TPSA) is 17.3 Å². The summed E-state index contributed by atoms with van der Waals surface area (Å²) in [6, 6.07) is 31.2. The van der Waals surface area contributed by atoms with Crippen molar-refractivity contribution in [3.63, 3.8) is 0 Å². The molecule has 0 bridgehead atoms. The maximum Gasteiger partial charge on any atom is 0.145 e. The van der Waals surface area contributed by atoms with Crippen LogP contribution in [0.25, 0.3) is 39.2 Å². The highest BCUT2D eigenvalue weighted by Crippen LogP contribution is 2.32. The highest BCUT2D eigenvalue weighted by molar-refractivity contribution is 7.80. The van der Waals surface area contributed by atoms with E-state index in [-0.39, 0.29) is 0 Å². The molecule has 0 N–H and O–H groups in total. The largest absolute Gasteiger partial charge is 0.305 e. The maximum atomic E-state index is 4.96. The molecule has 0 aliphatic rings. The van der Waals surface area contributed by atoms with Crippen molar-refractivity contribution >= 4 is 18.3 Å². The molecular weight excluding hydrogens is 360 g/mol. The number of hydrogen-bond acceptors (Lipinski definition) is 2. The quantitative estimate of drug-likeness (QED) is 0.349. The van der Waals surface area contributed by atoms with Crippen LogP contribution in [0.3, 0.4) is 0 Å². The molecule has 0 atom stereocenters. The highest BCUT2D eigenvalue weighted by Gasteiger charge is 2.13. The second kappa shape index (κ2) is 7.02. The molecule has 3 aromatic carbocycles. The second-order valence-electron chi connectivity index (χ2n) is 6.78. The molecule has 2 nitrogen and oxygen atoms in total. The summed E-state index contributed by atoms with van der Waals surface area (Å²) < 4.78 is 2.13. The van der Waals surface area contributed by atoms with Crippen molar-refractivity contribution < 1.29 is 0 Å². The monoisotopic (exact) mass is 378 g/mol. The fraction of sp³-hybridized carbons (Fsp3) is 0. The van der Waals surface area contributed by atoms with Gasteiger partial charge in [0.15, 0.2) is 0 Å². The van der Waals surface area contributed by atoms with Crippen LogP contribution in [0.15, 0.2) is 108 Å². The van der Waals surface area contributed by atoms with E-state index in [4.69, 9.17) is 4.98 Å². The zero-order valence-corrected chi connectivity index (χ0v) is 16.1. The first-order chi connectivity index (χ1) is 13.8. The minimum Gasteiger partial charge on any atom is -0.305 e. The van der Waals surface area contributed by atoms with Crippen molar-refractivity contribution in [3.8, 4) is 33.5 Å². The maximum absolute atomic E-state index is 4.96. The Balaban J connectivity index is 1.78. The van der Waals surface area contributed by atoms with Crippen molar-refractivity contribution in [2.45, 2.75) is 4.90 Å². The van der Waals surface area contributed by atoms with Crippen LogP contribution in [-0.2, 0) is 0 Å². The van der Waals surface area contributed by atoms with Crippen LogP contribution in [0.5, 0.6) is 0 Å². The lowest BCUT2D eigenvalue weighted by molar-refractivity contribution is 1.19. The molecule has 0 aliphatic heterocycles. The molecule has 5 aromatic rings. The Kier molecular flexibility index (Phi) is 4.22. The van der Waals surface area contributed by atoms with E-state index in [1.54, 1.807) is 0 Å². The number of aromatic nitrogens is 2. The van der Waals surface area contributed by atoms with Gasteiger partial charge in [-0.1, -0.05) is 72.8 Å². The summed E-state index contributed by atoms with van der Waals surface area (Å²) in [6.07, 6.45) is 4.25. The Hall–Kier alpha value is -3.30. The number of benzene rings is 3. The molecule has 2 aromatic heterocycles. The van der Waals surface area contributed by atoms with Crippen LogP contribution in [0, 0.1) is 0 Å². The molecule has 0 unspecified atom stereocenters. The van der Waals surface area contributed by atoms with Gasteiger partial charge in [0.2, 0.25) is 0 Å². The van der Waals surface area contributed by atoms with E-state index in [1.165, 1.54) is 5.56 Å². The average Bonchev–Trinajstić information content (AvgIpc) is 3.18. The van der Waals surface area contributed by atoms with Crippen LogP contribution >= 0.6 is 12.6 Å². The van der Waals surface area contributed by atoms with Crippen molar-refractivity contribution in [2.24, 2.45) is 0 Å². The SMILES string of the molecule is Sc1cccc(-c2cc(-c3ccccc3)cn3cc(-c4ccccc4)nc23)c1. The minimum absolute atomic E-state index is 0.940. The summed E-state index contributed by atoms with van der Waals surface area (Å²) in [5, 5.41) is 0. The predicted octanol–water partition coefficient (Wildman–Crippen LogP) is 6.62. The fourth-order valence-corrected chi connectivity index (χ4v) is 3.75. The first kappa shape index (κ1) is 16.8. The van der Waals surface area contributed by atoms with Crippen LogP contribution < -0.4 is 0 Å². The standard InChI is InChI=1S/C25H18N2S/c28-22-13-7-12-20(14-22)23-15-21(18-8-3-1-4-9-18)16-27-17-24(26-25(23)27)19-10-5-2-6-11-19/h1-17,28H. The van der Waals surface area contributed by atoms with Crippen molar-refractivity contribution in [1.29, 1.82) is 0 Å². The Morgan fingerprint density at radius 1 is 0.607 bits per heavy atom. The number of nitrogens with zero attached hydrogens (tertiary/aromatic N) is 2. The van der Waals surface area contributed by atoms with Gasteiger partial charge in [-0.15, -0.1) is 12.6 Å². The van der Waals surface area contributed by atoms with Gasteiger partial charge in [-0.3, -0.25) is 0 Å². The summed E-state index contributed by atoms with van der Waals surface area (Å²) in [7, 11) is 0. The van der Waals surface area contributed by atoms with Gasteiger partial charge in [0.1, 0.15) is 5.65 Å². The lowest BCUT2D eigenvalue weighted by Gasteiger charge is -2.09. The van der Waals surface area contributed by atoms with Crippen LogP contribution in [0.4, 0.5) is 0 Å². The van der Waals surface area contributed by atoms with Crippen LogP contribution in [0.1, 0.15) is 0 Å². The average molecular weight is 379 g/mol. The van der Waals surface area contributed by atoms with Gasteiger partial charge in [0.25, 0.3) is 0 Å². The molecule has 134 valence electrons. The van der Waals surface area contributed by atoms with Gasteiger partial charge >= 0.3 is 0 Å². The summed E-state index contributed by atoms with van der Waals surface area (Å²) in [4.78, 5) is 5.90. The summed E-state index contributed by atoms with van der Waals surface area (Å²) in [6.45, 7) is 0. The van der Waals surface area contributed by atoms with Crippen molar-refractivity contribution in [1.82, 2.24) is 9.38 Å². The van der Waals surface area contributed by atoms with E-state index >= 15 is 0 Å². The summed E-state index contributed by atoms with van der Waals surface area (Å²) in [5.41, 5.74) is 7.57. The molecule has 2 heterocycles. The highest BCUT2D eigenvalue weighted by atomic mass is 32.1. The second-order valence-corrected chi connectivity index (χ2v) is 7.30. The zero-order chi connectivity index (χ0) is 18.9. The first-order valence-corrected chi connectivity index (χ1v) is 9.66. The molecule has 3 heteroatoms. The third kappa shape index (κ3) is 3.10. The van der Waals surface area contributed by atoms with E-state index in [0.717, 1.165) is 38.5 Å². The van der Waals surface area contributed by atoms with Gasteiger partial charge in [-0.2, -0.15) is 0 Å². The van der Waals surface area contributed by atoms with E-state index in [1.807, 2.05) is 36.4 Å². The smallest absolute Gasteiger partial charge is 0.145 e. The van der Waals surface area contributed by atoms with Crippen LogP contribution in [0.2, 0.25) is 0 Å². The fourth-order valence-electron chi connectivity index (χ4n) is 3.52. The number of rotatable bonds is 3. The van der Waals surface area contributed by atoms with E-state index in [2.05, 4.69) is 84.0 Å². The van der Waals surface area contributed by atoms with Gasteiger partial charge in [-0.25, -0.2) is 4.98 Å². The molecule has 0 spiro atoms. The minimum atomic E-state index is 0.940. The van der Waals surface area contributed by atoms with E-state index in [9.17, 15) is 0 Å². The Bertz CT molecular complexity index is 1260. The summed E-state index contributed by atoms with van der Waals surface area (Å²) in [5.74, 6) is 0. The van der Waals surface area contributed by atoms with E-state index in [0.29, 0.717) is 0 Å². The Labute approximate surface area is 169 Å². The van der Waals surface area contributed by atoms with Crippen molar-refractivity contribution in [3.05, 3.63) is 103 Å². The molecule has 5 rings (SSSR count). The van der Waals surface area contributed by atoms with Gasteiger partial charge in [-0.05, 0) is 34.9 Å². The first-order valence-electron chi connectivity index (χ1n) is 9.21. The molecule has 0 aliphatic carbocycles. The molecule has 0 radical (unpaired) electrons. The lowest BCUT2D eigenvalue weighted by atomic mass is 10.0. The van der Waals surface area contributed by atoms with Gasteiger partial charge in [0, 0.05) is 28.4 Å². The number of pyridine rings is 1. The normalized spacial score (nSPS) is 11.0. The third-order valence-electron chi connectivity index (χ3n) is 4.89. The lowest BCUT2D eigenvalue weighted by Crippen LogP contribution is -1.91. The molecule has 0 saturated heterocycles. The molecule has 28 heavy (non-hydrogen) atoms. The Morgan fingerprint density at radius 2 is 1.29 bits per heavy atom. The van der Waals surface area contributed by atoms with Crippen molar-refractivity contribution in [2.75, 3.05) is 0 Å². The number of hydrogen-bond donors (Lipinski definition) is 1. The number of imidazole rings is 1. The number of thiol groups is 1. The van der Waals surface area contributed by atoms with Gasteiger partial charge in [0.05, 0.1) is 5.69 Å². The molecule has 0 saturated carbocycles.